The number of hydrogen-bond acceptors (Lipinski definition) is 3. The smallest absolute Gasteiger partial charge is 0.253 e. The molecule has 8 rings (SSSR count). The first-order chi connectivity index (χ1) is 34.4. The third-order valence-corrected chi connectivity index (χ3v) is 20.5. The van der Waals surface area contributed by atoms with E-state index in [1.54, 1.807) is 10.4 Å². The summed E-state index contributed by atoms with van der Waals surface area (Å²) in [6, 6.07) is 53.7. The Kier molecular flexibility index (Phi) is 18.3. The van der Waals surface area contributed by atoms with E-state index in [9.17, 15) is 9.59 Å². The van der Waals surface area contributed by atoms with Gasteiger partial charge in [0.05, 0.1) is 6.61 Å². The number of benzene rings is 6. The average molecular weight is 948 g/mol. The zero-order valence-corrected chi connectivity index (χ0v) is 43.6. The van der Waals surface area contributed by atoms with Crippen molar-refractivity contribution in [3.8, 4) is 61.4 Å². The fourth-order valence-electron chi connectivity index (χ4n) is 11.1. The van der Waals surface area contributed by atoms with Gasteiger partial charge in [0.25, 0.3) is 11.8 Å². The summed E-state index contributed by atoms with van der Waals surface area (Å²) < 4.78 is 6.13. The summed E-state index contributed by atoms with van der Waals surface area (Å²) in [5.74, 6) is 0.542. The van der Waals surface area contributed by atoms with Gasteiger partial charge in [-0.15, -0.1) is 0 Å². The number of amides is 2. The minimum atomic E-state index is -2.14. The normalized spacial score (nSPS) is 13.6. The quantitative estimate of drug-likeness (QED) is 0.0280. The molecule has 2 aliphatic heterocycles. The SMILES string of the molecule is CCCCCCCC[Si]1(CCCCCCCC)c2cc(-c3ccc(-c4ccc(C)cc4)cc3)ccc2-c2ccc(-c3ccc(-c4ccc(OCCCCCCCCN5C(=O)C=CC5=O)cc4)cc3)cc21. The van der Waals surface area contributed by atoms with Crippen LogP contribution in [0.4, 0.5) is 0 Å². The number of hydrogen-bond donors (Lipinski definition) is 0. The molecule has 2 amide bonds. The van der Waals surface area contributed by atoms with Gasteiger partial charge in [0.15, 0.2) is 0 Å². The van der Waals surface area contributed by atoms with E-state index in [-0.39, 0.29) is 11.8 Å². The Morgan fingerprint density at radius 1 is 0.400 bits per heavy atom. The molecule has 4 nitrogen and oxygen atoms in total. The van der Waals surface area contributed by atoms with Gasteiger partial charge in [-0.3, -0.25) is 14.5 Å². The van der Waals surface area contributed by atoms with E-state index in [0.717, 1.165) is 44.3 Å². The molecule has 2 heterocycles. The van der Waals surface area contributed by atoms with Crippen molar-refractivity contribution in [1.82, 2.24) is 4.90 Å². The summed E-state index contributed by atoms with van der Waals surface area (Å²) in [5.41, 5.74) is 14.5. The standard InChI is InChI=1S/C65H77NO3Si/c1-4-6-8-10-16-20-46-70(47-21-17-11-9-7-5-2)62-48-57(55-30-26-52(27-31-55)51-24-22-50(3)23-25-51)36-40-60(62)61-41-37-58(49-63(61)70)56-32-28-53(29-33-56)54-34-38-59(39-35-54)69-45-19-15-13-12-14-18-44-66-64(67)42-43-65(66)68/h22-43,48-49H,4-21,44-47H2,1-3H3. The lowest BCUT2D eigenvalue weighted by molar-refractivity contribution is -0.136. The van der Waals surface area contributed by atoms with Gasteiger partial charge in [-0.2, -0.15) is 0 Å². The first kappa shape index (κ1) is 50.6. The first-order valence-corrected chi connectivity index (χ1v) is 29.6. The molecule has 0 spiro atoms. The van der Waals surface area contributed by atoms with Gasteiger partial charge < -0.3 is 4.74 Å². The van der Waals surface area contributed by atoms with E-state index in [0.29, 0.717) is 13.2 Å². The highest BCUT2D eigenvalue weighted by atomic mass is 28.3. The van der Waals surface area contributed by atoms with E-state index in [1.807, 2.05) is 0 Å². The molecule has 0 radical (unpaired) electrons. The lowest BCUT2D eigenvalue weighted by atomic mass is 9.96. The number of imide groups is 1. The van der Waals surface area contributed by atoms with Crippen LogP contribution in [-0.2, 0) is 9.59 Å². The Hall–Kier alpha value is -5.78. The molecular weight excluding hydrogens is 871 g/mol. The number of fused-ring (bicyclic) bond motifs is 3. The highest BCUT2D eigenvalue weighted by molar-refractivity contribution is 7.05. The zero-order chi connectivity index (χ0) is 48.5. The average Bonchev–Trinajstić information content (AvgIpc) is 3.86. The molecule has 6 aromatic rings. The van der Waals surface area contributed by atoms with Crippen molar-refractivity contribution in [3.05, 3.63) is 151 Å². The van der Waals surface area contributed by atoms with Crippen molar-refractivity contribution in [3.63, 3.8) is 0 Å². The van der Waals surface area contributed by atoms with E-state index >= 15 is 0 Å². The van der Waals surface area contributed by atoms with Crippen LogP contribution < -0.4 is 15.1 Å². The van der Waals surface area contributed by atoms with Crippen LogP contribution in [0, 0.1) is 6.92 Å². The third kappa shape index (κ3) is 12.8. The van der Waals surface area contributed by atoms with E-state index in [2.05, 4.69) is 154 Å². The monoisotopic (exact) mass is 948 g/mol. The Labute approximate surface area is 421 Å². The van der Waals surface area contributed by atoms with Crippen LogP contribution >= 0.6 is 0 Å². The van der Waals surface area contributed by atoms with Gasteiger partial charge in [-0.05, 0) is 110 Å². The van der Waals surface area contributed by atoms with E-state index < -0.39 is 8.07 Å². The molecule has 6 aromatic carbocycles. The van der Waals surface area contributed by atoms with E-state index in [1.165, 1.54) is 167 Å². The van der Waals surface area contributed by atoms with Gasteiger partial charge in [-0.1, -0.05) is 243 Å². The molecule has 0 N–H and O–H groups in total. The summed E-state index contributed by atoms with van der Waals surface area (Å²) in [7, 11) is -2.14. The highest BCUT2D eigenvalue weighted by Crippen LogP contribution is 2.39. The summed E-state index contributed by atoms with van der Waals surface area (Å²) in [6.07, 6.45) is 24.9. The van der Waals surface area contributed by atoms with Crippen LogP contribution in [0.15, 0.2) is 146 Å². The number of carbonyl (C=O) groups is 2. The van der Waals surface area contributed by atoms with Crippen LogP contribution in [0.1, 0.15) is 135 Å². The number of nitrogens with zero attached hydrogens (tertiary/aromatic N) is 1. The van der Waals surface area contributed by atoms with Crippen LogP contribution in [0.25, 0.3) is 55.6 Å². The molecule has 0 fully saturated rings. The van der Waals surface area contributed by atoms with Crippen molar-refractivity contribution in [1.29, 1.82) is 0 Å². The molecule has 0 saturated carbocycles. The lowest BCUT2D eigenvalue weighted by Crippen LogP contribution is -2.55. The largest absolute Gasteiger partial charge is 0.494 e. The van der Waals surface area contributed by atoms with Crippen molar-refractivity contribution in [2.75, 3.05) is 13.2 Å². The number of ether oxygens (including phenoxy) is 1. The maximum atomic E-state index is 11.7. The van der Waals surface area contributed by atoms with Crippen LogP contribution in [0.5, 0.6) is 5.75 Å². The number of aryl methyl sites for hydroxylation is 1. The topological polar surface area (TPSA) is 46.6 Å². The highest BCUT2D eigenvalue weighted by Gasteiger charge is 2.44. The van der Waals surface area contributed by atoms with Crippen molar-refractivity contribution in [2.45, 2.75) is 148 Å². The molecule has 2 aliphatic rings. The number of unbranched alkanes of at least 4 members (excludes halogenated alkanes) is 15. The molecule has 0 saturated heterocycles. The molecule has 70 heavy (non-hydrogen) atoms. The number of rotatable bonds is 28. The molecule has 0 bridgehead atoms. The lowest BCUT2D eigenvalue weighted by Gasteiger charge is -2.31. The second-order valence-electron chi connectivity index (χ2n) is 20.3. The number of carbonyl (C=O) groups excluding carboxylic acids is 2. The van der Waals surface area contributed by atoms with E-state index in [4.69, 9.17) is 4.74 Å². The second-order valence-corrected chi connectivity index (χ2v) is 24.6. The van der Waals surface area contributed by atoms with Crippen molar-refractivity contribution >= 4 is 30.3 Å². The second kappa shape index (κ2) is 25.4. The van der Waals surface area contributed by atoms with Crippen LogP contribution in [0.3, 0.4) is 0 Å². The Morgan fingerprint density at radius 3 is 1.21 bits per heavy atom. The fourth-order valence-corrected chi connectivity index (χ4v) is 16.7. The molecule has 0 unspecified atom stereocenters. The zero-order valence-electron chi connectivity index (χ0n) is 42.6. The Bertz CT molecular complexity index is 2610. The van der Waals surface area contributed by atoms with Gasteiger partial charge in [0, 0.05) is 18.7 Å². The maximum Gasteiger partial charge on any atom is 0.253 e. The summed E-state index contributed by atoms with van der Waals surface area (Å²) >= 11 is 0. The van der Waals surface area contributed by atoms with Gasteiger partial charge >= 0.3 is 0 Å². The van der Waals surface area contributed by atoms with Gasteiger partial charge in [0.1, 0.15) is 13.8 Å². The minimum Gasteiger partial charge on any atom is -0.494 e. The third-order valence-electron chi connectivity index (χ3n) is 15.2. The van der Waals surface area contributed by atoms with Gasteiger partial charge in [0.2, 0.25) is 0 Å². The molecule has 364 valence electrons. The molecule has 5 heteroatoms. The Morgan fingerprint density at radius 2 is 0.757 bits per heavy atom. The summed E-state index contributed by atoms with van der Waals surface area (Å²) in [6.45, 7) is 8.02. The van der Waals surface area contributed by atoms with Crippen molar-refractivity contribution < 1.29 is 14.3 Å². The molecule has 0 aromatic heterocycles. The Balaban J connectivity index is 0.963. The van der Waals surface area contributed by atoms with Crippen LogP contribution in [0.2, 0.25) is 12.1 Å². The minimum absolute atomic E-state index is 0.183. The van der Waals surface area contributed by atoms with Crippen molar-refractivity contribution in [2.24, 2.45) is 0 Å². The predicted octanol–water partition coefficient (Wildman–Crippen LogP) is 16.6. The fraction of sp³-hybridized carbons (Fsp3) is 0.385. The maximum absolute atomic E-state index is 11.7. The molecular formula is C65H77NO3Si. The summed E-state index contributed by atoms with van der Waals surface area (Å²) in [5, 5.41) is 3.36. The van der Waals surface area contributed by atoms with Crippen LogP contribution in [-0.4, -0.2) is 37.9 Å². The van der Waals surface area contributed by atoms with Gasteiger partial charge in [-0.25, -0.2) is 0 Å². The first-order valence-electron chi connectivity index (χ1n) is 27.2. The molecule has 0 atom stereocenters. The predicted molar refractivity (Wildman–Crippen MR) is 299 cm³/mol. The molecule has 0 aliphatic carbocycles. The summed E-state index contributed by atoms with van der Waals surface area (Å²) in [4.78, 5) is 24.8.